The third kappa shape index (κ3) is 4.89. The maximum Gasteiger partial charge on any atom is 0.168 e. The van der Waals surface area contributed by atoms with Crippen LogP contribution in [0.25, 0.3) is 6.08 Å². The fourth-order valence-corrected chi connectivity index (χ4v) is 2.01. The summed E-state index contributed by atoms with van der Waals surface area (Å²) in [5.74, 6) is 1.05. The van der Waals surface area contributed by atoms with Crippen LogP contribution in [0.4, 0.5) is 0 Å². The van der Waals surface area contributed by atoms with Crippen molar-refractivity contribution in [3.63, 3.8) is 0 Å². The molecular formula is C14H17IO2. The van der Waals surface area contributed by atoms with Crippen LogP contribution in [0.1, 0.15) is 31.7 Å². The molecule has 0 bridgehead atoms. The second kappa shape index (κ2) is 7.48. The van der Waals surface area contributed by atoms with E-state index in [0.29, 0.717) is 6.42 Å². The highest BCUT2D eigenvalue weighted by molar-refractivity contribution is 14.1. The largest absolute Gasteiger partial charge is 0.497 e. The van der Waals surface area contributed by atoms with E-state index in [1.54, 1.807) is 7.11 Å². The summed E-state index contributed by atoms with van der Waals surface area (Å²) in [7, 11) is 1.64. The van der Waals surface area contributed by atoms with Crippen molar-refractivity contribution in [2.75, 3.05) is 7.11 Å². The average Bonchev–Trinajstić information content (AvgIpc) is 2.36. The molecule has 92 valence electrons. The Bertz CT molecular complexity index is 393. The molecule has 0 spiro atoms. The zero-order valence-electron chi connectivity index (χ0n) is 10.2. The van der Waals surface area contributed by atoms with Crippen LogP contribution >= 0.6 is 22.6 Å². The van der Waals surface area contributed by atoms with E-state index in [1.807, 2.05) is 30.3 Å². The minimum Gasteiger partial charge on any atom is -0.497 e. The Kier molecular flexibility index (Phi) is 6.26. The van der Waals surface area contributed by atoms with Crippen LogP contribution in [0.15, 0.2) is 27.8 Å². The number of Topliss-reactive ketones (excluding diaryl/α,β-unsaturated/α-hetero) is 1. The topological polar surface area (TPSA) is 26.3 Å². The minimum atomic E-state index is 0.225. The first-order valence-electron chi connectivity index (χ1n) is 5.71. The maximum atomic E-state index is 11.7. The van der Waals surface area contributed by atoms with Crippen LogP contribution in [0.5, 0.6) is 5.75 Å². The molecule has 3 heteroatoms. The molecule has 0 aliphatic carbocycles. The Morgan fingerprint density at radius 1 is 1.35 bits per heavy atom. The van der Waals surface area contributed by atoms with Gasteiger partial charge in [-0.15, -0.1) is 0 Å². The monoisotopic (exact) mass is 344 g/mol. The van der Waals surface area contributed by atoms with Crippen molar-refractivity contribution < 1.29 is 9.53 Å². The van der Waals surface area contributed by atoms with Crippen molar-refractivity contribution in [3.8, 4) is 5.75 Å². The number of methoxy groups -OCH3 is 1. The Morgan fingerprint density at radius 3 is 2.53 bits per heavy atom. The third-order valence-corrected chi connectivity index (χ3v) is 3.35. The van der Waals surface area contributed by atoms with Crippen LogP contribution in [0, 0.1) is 0 Å². The molecule has 0 saturated heterocycles. The molecule has 0 radical (unpaired) electrons. The minimum absolute atomic E-state index is 0.225. The first kappa shape index (κ1) is 14.2. The molecule has 0 amide bonds. The SMILES string of the molecule is CCCCC(=O)/C(I)=C/c1ccc(OC)cc1. The number of ether oxygens (including phenoxy) is 1. The Balaban J connectivity index is 2.69. The highest BCUT2D eigenvalue weighted by Crippen LogP contribution is 2.18. The number of halogens is 1. The molecule has 0 atom stereocenters. The van der Waals surface area contributed by atoms with Crippen molar-refractivity contribution in [3.05, 3.63) is 33.4 Å². The smallest absolute Gasteiger partial charge is 0.168 e. The van der Waals surface area contributed by atoms with Gasteiger partial charge in [-0.1, -0.05) is 25.5 Å². The van der Waals surface area contributed by atoms with E-state index >= 15 is 0 Å². The Labute approximate surface area is 116 Å². The molecule has 0 saturated carbocycles. The molecule has 1 aromatic rings. The van der Waals surface area contributed by atoms with E-state index in [9.17, 15) is 4.79 Å². The number of ketones is 1. The highest BCUT2D eigenvalue weighted by Gasteiger charge is 2.05. The maximum absolute atomic E-state index is 11.7. The summed E-state index contributed by atoms with van der Waals surface area (Å²) < 4.78 is 5.88. The van der Waals surface area contributed by atoms with Crippen molar-refractivity contribution >= 4 is 34.5 Å². The summed E-state index contributed by atoms with van der Waals surface area (Å²) in [6.45, 7) is 2.09. The van der Waals surface area contributed by atoms with Crippen molar-refractivity contribution in [1.82, 2.24) is 0 Å². The van der Waals surface area contributed by atoms with Crippen LogP contribution in [0.2, 0.25) is 0 Å². The van der Waals surface area contributed by atoms with Gasteiger partial charge in [0.2, 0.25) is 0 Å². The van der Waals surface area contributed by atoms with Crippen LogP contribution in [-0.2, 0) is 4.79 Å². The Hall–Kier alpha value is -0.840. The molecule has 0 unspecified atom stereocenters. The number of carbonyl (C=O) groups excluding carboxylic acids is 1. The molecule has 0 N–H and O–H groups in total. The summed E-state index contributed by atoms with van der Waals surface area (Å²) in [6, 6.07) is 7.69. The number of hydrogen-bond acceptors (Lipinski definition) is 2. The van der Waals surface area contributed by atoms with Gasteiger partial charge in [0.05, 0.1) is 10.7 Å². The molecule has 0 aliphatic rings. The molecular weight excluding hydrogens is 327 g/mol. The molecule has 0 heterocycles. The lowest BCUT2D eigenvalue weighted by Gasteiger charge is -2.01. The van der Waals surface area contributed by atoms with Crippen molar-refractivity contribution in [2.24, 2.45) is 0 Å². The van der Waals surface area contributed by atoms with Crippen LogP contribution in [0.3, 0.4) is 0 Å². The van der Waals surface area contributed by atoms with Gasteiger partial charge >= 0.3 is 0 Å². The summed E-state index contributed by atoms with van der Waals surface area (Å²) in [5, 5.41) is 0. The molecule has 2 nitrogen and oxygen atoms in total. The average molecular weight is 344 g/mol. The van der Waals surface area contributed by atoms with E-state index in [4.69, 9.17) is 4.74 Å². The summed E-state index contributed by atoms with van der Waals surface area (Å²) in [5.41, 5.74) is 1.03. The normalized spacial score (nSPS) is 11.4. The summed E-state index contributed by atoms with van der Waals surface area (Å²) >= 11 is 2.11. The predicted molar refractivity (Wildman–Crippen MR) is 79.5 cm³/mol. The number of hydrogen-bond donors (Lipinski definition) is 0. The molecule has 0 aliphatic heterocycles. The van der Waals surface area contributed by atoms with E-state index in [1.165, 1.54) is 0 Å². The molecule has 1 aromatic carbocycles. The van der Waals surface area contributed by atoms with Gasteiger partial charge in [-0.05, 0) is 52.8 Å². The summed E-state index contributed by atoms with van der Waals surface area (Å²) in [6.07, 6.45) is 4.57. The molecule has 0 fully saturated rings. The first-order valence-corrected chi connectivity index (χ1v) is 6.79. The van der Waals surface area contributed by atoms with Gasteiger partial charge in [-0.3, -0.25) is 4.79 Å². The molecule has 1 rings (SSSR count). The summed E-state index contributed by atoms with van der Waals surface area (Å²) in [4.78, 5) is 11.7. The van der Waals surface area contributed by atoms with Gasteiger partial charge in [0.1, 0.15) is 5.75 Å². The van der Waals surface area contributed by atoms with Gasteiger partial charge < -0.3 is 4.74 Å². The van der Waals surface area contributed by atoms with Gasteiger partial charge in [0.25, 0.3) is 0 Å². The zero-order valence-corrected chi connectivity index (χ0v) is 12.4. The van der Waals surface area contributed by atoms with E-state index < -0.39 is 0 Å². The fraction of sp³-hybridized carbons (Fsp3) is 0.357. The standard InChI is InChI=1S/C14H17IO2/c1-3-4-5-14(16)13(15)10-11-6-8-12(17-2)9-7-11/h6-10H,3-5H2,1-2H3/b13-10-. The quantitative estimate of drug-likeness (QED) is 0.570. The highest BCUT2D eigenvalue weighted by atomic mass is 127. The third-order valence-electron chi connectivity index (χ3n) is 2.43. The number of allylic oxidation sites excluding steroid dienone is 1. The van der Waals surface area contributed by atoms with Gasteiger partial charge in [0.15, 0.2) is 5.78 Å². The van der Waals surface area contributed by atoms with Gasteiger partial charge in [0, 0.05) is 6.42 Å². The zero-order chi connectivity index (χ0) is 12.7. The van der Waals surface area contributed by atoms with E-state index in [-0.39, 0.29) is 5.78 Å². The molecule has 0 aromatic heterocycles. The second-order valence-corrected chi connectivity index (χ2v) is 4.95. The lowest BCUT2D eigenvalue weighted by molar-refractivity contribution is -0.114. The number of benzene rings is 1. The predicted octanol–water partition coefficient (Wildman–Crippen LogP) is 4.23. The Morgan fingerprint density at radius 2 is 2.00 bits per heavy atom. The van der Waals surface area contributed by atoms with Gasteiger partial charge in [-0.2, -0.15) is 0 Å². The van der Waals surface area contributed by atoms with E-state index in [0.717, 1.165) is 27.7 Å². The van der Waals surface area contributed by atoms with Crippen LogP contribution < -0.4 is 4.74 Å². The molecule has 17 heavy (non-hydrogen) atoms. The second-order valence-electron chi connectivity index (χ2n) is 3.79. The van der Waals surface area contributed by atoms with Gasteiger partial charge in [-0.25, -0.2) is 0 Å². The fourth-order valence-electron chi connectivity index (χ4n) is 1.38. The van der Waals surface area contributed by atoms with Crippen molar-refractivity contribution in [2.45, 2.75) is 26.2 Å². The lowest BCUT2D eigenvalue weighted by atomic mass is 10.1. The number of unbranched alkanes of at least 4 members (excludes halogenated alkanes) is 1. The number of carbonyl (C=O) groups is 1. The first-order chi connectivity index (χ1) is 8.17. The number of rotatable bonds is 6. The van der Waals surface area contributed by atoms with Crippen molar-refractivity contribution in [1.29, 1.82) is 0 Å². The lowest BCUT2D eigenvalue weighted by Crippen LogP contribution is -1.96. The van der Waals surface area contributed by atoms with E-state index in [2.05, 4.69) is 29.5 Å². The van der Waals surface area contributed by atoms with Crippen LogP contribution in [-0.4, -0.2) is 12.9 Å².